The number of hydrogen-bond donors (Lipinski definition) is 3. The first-order valence-electron chi connectivity index (χ1n) is 8.99. The van der Waals surface area contributed by atoms with Gasteiger partial charge in [0.05, 0.1) is 12.7 Å². The molecule has 29 heavy (non-hydrogen) atoms. The molecule has 154 valence electrons. The van der Waals surface area contributed by atoms with Crippen molar-refractivity contribution in [2.75, 3.05) is 24.3 Å². The van der Waals surface area contributed by atoms with E-state index < -0.39 is 17.6 Å². The lowest BCUT2D eigenvalue weighted by atomic mass is 10.2. The molecule has 0 aliphatic carbocycles. The number of para-hydroxylation sites is 1. The largest absolute Gasteiger partial charge is 0.496 e. The third kappa shape index (κ3) is 7.17. The van der Waals surface area contributed by atoms with E-state index in [1.54, 1.807) is 69.3 Å². The first kappa shape index (κ1) is 21.7. The fraction of sp³-hybridized carbons (Fsp3) is 0.286. The van der Waals surface area contributed by atoms with E-state index in [1.165, 1.54) is 7.11 Å². The van der Waals surface area contributed by atoms with Crippen molar-refractivity contribution in [3.05, 3.63) is 54.1 Å². The van der Waals surface area contributed by atoms with E-state index in [0.717, 1.165) is 0 Å². The highest BCUT2D eigenvalue weighted by Gasteiger charge is 2.16. The Balaban J connectivity index is 1.87. The van der Waals surface area contributed by atoms with Crippen LogP contribution in [0.3, 0.4) is 0 Å². The van der Waals surface area contributed by atoms with E-state index in [9.17, 15) is 14.4 Å². The van der Waals surface area contributed by atoms with Crippen LogP contribution in [0.4, 0.5) is 16.2 Å². The second-order valence-electron chi connectivity index (χ2n) is 7.14. The second kappa shape index (κ2) is 9.59. The van der Waals surface area contributed by atoms with Crippen molar-refractivity contribution in [2.24, 2.45) is 0 Å². The molecule has 0 unspecified atom stereocenters. The Hall–Kier alpha value is -3.55. The van der Waals surface area contributed by atoms with E-state index in [1.807, 2.05) is 0 Å². The van der Waals surface area contributed by atoms with Gasteiger partial charge in [-0.3, -0.25) is 9.59 Å². The summed E-state index contributed by atoms with van der Waals surface area (Å²) in [4.78, 5) is 35.9. The zero-order valence-electron chi connectivity index (χ0n) is 16.9. The van der Waals surface area contributed by atoms with Gasteiger partial charge in [-0.05, 0) is 57.2 Å². The highest BCUT2D eigenvalue weighted by atomic mass is 16.6. The number of carbonyl (C=O) groups is 3. The Bertz CT molecular complexity index is 873. The molecule has 3 N–H and O–H groups in total. The smallest absolute Gasteiger partial charge is 0.408 e. The molecule has 8 heteroatoms. The van der Waals surface area contributed by atoms with Crippen molar-refractivity contribution >= 4 is 29.3 Å². The maximum atomic E-state index is 12.4. The Labute approximate surface area is 169 Å². The van der Waals surface area contributed by atoms with Gasteiger partial charge in [0.25, 0.3) is 5.91 Å². The molecule has 0 bridgehead atoms. The van der Waals surface area contributed by atoms with Crippen LogP contribution in [0.5, 0.6) is 5.75 Å². The molecular formula is C21H25N3O5. The number of anilines is 2. The van der Waals surface area contributed by atoms with Gasteiger partial charge in [-0.15, -0.1) is 0 Å². The lowest BCUT2D eigenvalue weighted by molar-refractivity contribution is -0.115. The fourth-order valence-electron chi connectivity index (χ4n) is 2.34. The number of methoxy groups -OCH3 is 1. The fourth-order valence-corrected chi connectivity index (χ4v) is 2.34. The third-order valence-corrected chi connectivity index (χ3v) is 3.57. The molecule has 8 nitrogen and oxygen atoms in total. The Morgan fingerprint density at radius 1 is 0.897 bits per heavy atom. The van der Waals surface area contributed by atoms with Crippen molar-refractivity contribution in [3.8, 4) is 5.75 Å². The molecule has 2 rings (SSSR count). The van der Waals surface area contributed by atoms with Crippen LogP contribution in [0.15, 0.2) is 48.5 Å². The summed E-state index contributed by atoms with van der Waals surface area (Å²) in [5, 5.41) is 7.80. The van der Waals surface area contributed by atoms with Crippen LogP contribution >= 0.6 is 0 Å². The van der Waals surface area contributed by atoms with Crippen LogP contribution < -0.4 is 20.7 Å². The SMILES string of the molecule is COc1ccccc1C(=O)Nc1ccc(NC(=O)CNC(=O)OC(C)(C)C)cc1. The molecule has 0 spiro atoms. The number of alkyl carbamates (subject to hydrolysis) is 1. The molecular weight excluding hydrogens is 374 g/mol. The van der Waals surface area contributed by atoms with E-state index in [0.29, 0.717) is 22.7 Å². The summed E-state index contributed by atoms with van der Waals surface area (Å²) in [6.45, 7) is 4.99. The average Bonchev–Trinajstić information content (AvgIpc) is 2.66. The quantitative estimate of drug-likeness (QED) is 0.690. The summed E-state index contributed by atoms with van der Waals surface area (Å²) < 4.78 is 10.3. The topological polar surface area (TPSA) is 106 Å². The minimum Gasteiger partial charge on any atom is -0.496 e. The van der Waals surface area contributed by atoms with Crippen molar-refractivity contribution < 1.29 is 23.9 Å². The zero-order valence-corrected chi connectivity index (χ0v) is 16.9. The highest BCUT2D eigenvalue weighted by molar-refractivity contribution is 6.06. The van der Waals surface area contributed by atoms with Crippen LogP contribution in [-0.2, 0) is 9.53 Å². The van der Waals surface area contributed by atoms with Crippen molar-refractivity contribution in [2.45, 2.75) is 26.4 Å². The van der Waals surface area contributed by atoms with E-state index in [4.69, 9.17) is 9.47 Å². The van der Waals surface area contributed by atoms with Crippen LogP contribution in [0.1, 0.15) is 31.1 Å². The Morgan fingerprint density at radius 2 is 1.48 bits per heavy atom. The summed E-state index contributed by atoms with van der Waals surface area (Å²) in [6.07, 6.45) is -0.665. The molecule has 2 aromatic carbocycles. The molecule has 3 amide bonds. The lowest BCUT2D eigenvalue weighted by Gasteiger charge is -2.19. The monoisotopic (exact) mass is 399 g/mol. The summed E-state index contributed by atoms with van der Waals surface area (Å²) in [6, 6.07) is 13.5. The van der Waals surface area contributed by atoms with Gasteiger partial charge in [0.2, 0.25) is 5.91 Å². The van der Waals surface area contributed by atoms with Crippen molar-refractivity contribution in [1.82, 2.24) is 5.32 Å². The molecule has 0 aromatic heterocycles. The van der Waals surface area contributed by atoms with Crippen LogP contribution in [0.25, 0.3) is 0 Å². The van der Waals surface area contributed by atoms with Gasteiger partial charge in [0.15, 0.2) is 0 Å². The minimum absolute atomic E-state index is 0.221. The van der Waals surface area contributed by atoms with Gasteiger partial charge < -0.3 is 25.4 Å². The first-order valence-corrected chi connectivity index (χ1v) is 8.99. The molecule has 0 atom stereocenters. The van der Waals surface area contributed by atoms with Crippen LogP contribution in [0, 0.1) is 0 Å². The number of nitrogens with one attached hydrogen (secondary N) is 3. The van der Waals surface area contributed by atoms with Gasteiger partial charge in [-0.1, -0.05) is 12.1 Å². The molecule has 0 saturated heterocycles. The molecule has 0 aliphatic rings. The number of amides is 3. The Morgan fingerprint density at radius 3 is 2.07 bits per heavy atom. The number of hydrogen-bond acceptors (Lipinski definition) is 5. The lowest BCUT2D eigenvalue weighted by Crippen LogP contribution is -2.37. The van der Waals surface area contributed by atoms with E-state index in [2.05, 4.69) is 16.0 Å². The number of ether oxygens (including phenoxy) is 2. The molecule has 0 radical (unpaired) electrons. The van der Waals surface area contributed by atoms with E-state index in [-0.39, 0.29) is 12.5 Å². The van der Waals surface area contributed by atoms with Crippen molar-refractivity contribution in [3.63, 3.8) is 0 Å². The zero-order chi connectivity index (χ0) is 21.4. The predicted octanol–water partition coefficient (Wildman–Crippen LogP) is 3.41. The molecule has 0 aliphatic heterocycles. The Kier molecular flexibility index (Phi) is 7.19. The first-order chi connectivity index (χ1) is 13.7. The third-order valence-electron chi connectivity index (χ3n) is 3.57. The number of rotatable bonds is 6. The van der Waals surface area contributed by atoms with Gasteiger partial charge in [-0.25, -0.2) is 4.79 Å². The predicted molar refractivity (Wildman–Crippen MR) is 110 cm³/mol. The number of carbonyl (C=O) groups excluding carboxylic acids is 3. The van der Waals surface area contributed by atoms with Gasteiger partial charge >= 0.3 is 6.09 Å². The van der Waals surface area contributed by atoms with E-state index >= 15 is 0 Å². The molecule has 0 heterocycles. The highest BCUT2D eigenvalue weighted by Crippen LogP contribution is 2.20. The molecule has 2 aromatic rings. The summed E-state index contributed by atoms with van der Waals surface area (Å²) in [5.74, 6) is -0.228. The maximum absolute atomic E-state index is 12.4. The number of benzene rings is 2. The standard InChI is InChI=1S/C21H25N3O5/c1-21(2,3)29-20(27)22-13-18(25)23-14-9-11-15(12-10-14)24-19(26)16-7-5-6-8-17(16)28-4/h5-12H,13H2,1-4H3,(H,22,27)(H,23,25)(H,24,26). The minimum atomic E-state index is -0.665. The second-order valence-corrected chi connectivity index (χ2v) is 7.14. The summed E-state index contributed by atoms with van der Waals surface area (Å²) in [7, 11) is 1.50. The van der Waals surface area contributed by atoms with Crippen LogP contribution in [-0.4, -0.2) is 37.2 Å². The van der Waals surface area contributed by atoms with Gasteiger partial charge in [-0.2, -0.15) is 0 Å². The van der Waals surface area contributed by atoms with Crippen molar-refractivity contribution in [1.29, 1.82) is 0 Å². The summed E-state index contributed by atoms with van der Waals surface area (Å²) in [5.41, 5.74) is 0.868. The van der Waals surface area contributed by atoms with Crippen LogP contribution in [0.2, 0.25) is 0 Å². The summed E-state index contributed by atoms with van der Waals surface area (Å²) >= 11 is 0. The molecule has 0 saturated carbocycles. The van der Waals surface area contributed by atoms with Gasteiger partial charge in [0, 0.05) is 11.4 Å². The van der Waals surface area contributed by atoms with Gasteiger partial charge in [0.1, 0.15) is 17.9 Å². The molecule has 0 fully saturated rings. The maximum Gasteiger partial charge on any atom is 0.408 e. The normalized spacial score (nSPS) is 10.6. The average molecular weight is 399 g/mol.